The molecular formula is C19H25N2O5S-. The maximum absolute atomic E-state index is 12.8. The standard InChI is InChI=1S/C19H26N2O5S/c1-14-6-8-15(9-7-14)27(25,26)21-12-10-20(11-13-21)18(22)16-4-2-3-5-17(16)19(23)24/h6-9,16-17H,2-5,10-13H2,1H3,(H,23,24)/p-1/t16-,17-/m1/s1. The lowest BCUT2D eigenvalue weighted by Crippen LogP contribution is -2.54. The monoisotopic (exact) mass is 393 g/mol. The van der Waals surface area contributed by atoms with Gasteiger partial charge >= 0.3 is 0 Å². The smallest absolute Gasteiger partial charge is 0.243 e. The largest absolute Gasteiger partial charge is 0.550 e. The second-order valence-electron chi connectivity index (χ2n) is 7.36. The van der Waals surface area contributed by atoms with E-state index < -0.39 is 27.8 Å². The fraction of sp³-hybridized carbons (Fsp3) is 0.579. The minimum atomic E-state index is -3.59. The summed E-state index contributed by atoms with van der Waals surface area (Å²) < 4.78 is 26.9. The molecule has 1 heterocycles. The highest BCUT2D eigenvalue weighted by Gasteiger charge is 2.37. The molecule has 0 unspecified atom stereocenters. The van der Waals surface area contributed by atoms with Gasteiger partial charge in [0.05, 0.1) is 4.90 Å². The molecule has 2 aliphatic rings. The molecule has 1 saturated heterocycles. The third-order valence-corrected chi connectivity index (χ3v) is 7.51. The maximum atomic E-state index is 12.8. The highest BCUT2D eigenvalue weighted by atomic mass is 32.2. The van der Waals surface area contributed by atoms with Crippen LogP contribution in [0.2, 0.25) is 0 Å². The number of sulfonamides is 1. The first-order valence-electron chi connectivity index (χ1n) is 9.37. The molecule has 0 aromatic heterocycles. The zero-order chi connectivity index (χ0) is 19.6. The van der Waals surface area contributed by atoms with Crippen LogP contribution < -0.4 is 5.11 Å². The fourth-order valence-electron chi connectivity index (χ4n) is 3.95. The zero-order valence-corrected chi connectivity index (χ0v) is 16.3. The van der Waals surface area contributed by atoms with Gasteiger partial charge in [-0.15, -0.1) is 0 Å². The number of carboxylic acid groups (broad SMARTS) is 1. The predicted octanol–water partition coefficient (Wildman–Crippen LogP) is 0.384. The van der Waals surface area contributed by atoms with Crippen molar-refractivity contribution in [3.05, 3.63) is 29.8 Å². The highest BCUT2D eigenvalue weighted by molar-refractivity contribution is 7.89. The molecule has 148 valence electrons. The Labute approximate surface area is 160 Å². The molecule has 1 saturated carbocycles. The van der Waals surface area contributed by atoms with Crippen LogP contribution in [0.25, 0.3) is 0 Å². The van der Waals surface area contributed by atoms with Crippen LogP contribution in [0.15, 0.2) is 29.2 Å². The summed E-state index contributed by atoms with van der Waals surface area (Å²) in [5.74, 6) is -2.63. The van der Waals surface area contributed by atoms with Crippen molar-refractivity contribution < 1.29 is 23.1 Å². The molecular weight excluding hydrogens is 368 g/mol. The number of piperazine rings is 1. The third kappa shape index (κ3) is 4.16. The van der Waals surface area contributed by atoms with E-state index in [9.17, 15) is 23.1 Å². The van der Waals surface area contributed by atoms with Gasteiger partial charge in [-0.1, -0.05) is 30.5 Å². The van der Waals surface area contributed by atoms with E-state index in [1.54, 1.807) is 29.2 Å². The van der Waals surface area contributed by atoms with Crippen LogP contribution in [0, 0.1) is 18.8 Å². The number of rotatable bonds is 4. The summed E-state index contributed by atoms with van der Waals surface area (Å²) in [4.78, 5) is 26.0. The number of carbonyl (C=O) groups is 2. The van der Waals surface area contributed by atoms with Crippen LogP contribution in [-0.2, 0) is 19.6 Å². The lowest BCUT2D eigenvalue weighted by Gasteiger charge is -2.39. The Kier molecular flexibility index (Phi) is 5.86. The second kappa shape index (κ2) is 7.98. The van der Waals surface area contributed by atoms with Gasteiger partial charge in [0, 0.05) is 44.0 Å². The number of hydrogen-bond acceptors (Lipinski definition) is 5. The molecule has 8 heteroatoms. The van der Waals surface area contributed by atoms with Crippen molar-refractivity contribution in [3.8, 4) is 0 Å². The topological polar surface area (TPSA) is 97.8 Å². The van der Waals surface area contributed by atoms with E-state index in [-0.39, 0.29) is 37.0 Å². The van der Waals surface area contributed by atoms with Gasteiger partial charge < -0.3 is 14.8 Å². The van der Waals surface area contributed by atoms with Crippen molar-refractivity contribution >= 4 is 21.9 Å². The minimum Gasteiger partial charge on any atom is -0.550 e. The lowest BCUT2D eigenvalue weighted by atomic mass is 9.78. The molecule has 0 N–H and O–H groups in total. The van der Waals surface area contributed by atoms with Gasteiger partial charge in [-0.05, 0) is 31.9 Å². The Balaban J connectivity index is 1.65. The van der Waals surface area contributed by atoms with Crippen molar-refractivity contribution in [3.63, 3.8) is 0 Å². The van der Waals surface area contributed by atoms with Gasteiger partial charge in [0.15, 0.2) is 0 Å². The Morgan fingerprint density at radius 1 is 0.963 bits per heavy atom. The van der Waals surface area contributed by atoms with Crippen molar-refractivity contribution in [2.45, 2.75) is 37.5 Å². The Morgan fingerprint density at radius 3 is 2.07 bits per heavy atom. The molecule has 1 aliphatic heterocycles. The molecule has 0 bridgehead atoms. The van der Waals surface area contributed by atoms with Gasteiger partial charge in [0.25, 0.3) is 0 Å². The summed E-state index contributed by atoms with van der Waals surface area (Å²) in [7, 11) is -3.59. The summed E-state index contributed by atoms with van der Waals surface area (Å²) in [6.07, 6.45) is 2.66. The first-order chi connectivity index (χ1) is 12.8. The van der Waals surface area contributed by atoms with Gasteiger partial charge in [0.2, 0.25) is 15.9 Å². The van der Waals surface area contributed by atoms with E-state index in [1.807, 2.05) is 6.92 Å². The molecule has 2 fully saturated rings. The summed E-state index contributed by atoms with van der Waals surface area (Å²) >= 11 is 0. The quantitative estimate of drug-likeness (QED) is 0.737. The lowest BCUT2D eigenvalue weighted by molar-refractivity contribution is -0.314. The zero-order valence-electron chi connectivity index (χ0n) is 15.5. The number of hydrogen-bond donors (Lipinski definition) is 0. The second-order valence-corrected chi connectivity index (χ2v) is 9.30. The average Bonchev–Trinajstić information content (AvgIpc) is 2.68. The normalized spacial score (nSPS) is 24.6. The van der Waals surface area contributed by atoms with E-state index in [0.29, 0.717) is 12.8 Å². The van der Waals surface area contributed by atoms with Crippen molar-refractivity contribution in [1.29, 1.82) is 0 Å². The van der Waals surface area contributed by atoms with E-state index in [2.05, 4.69) is 0 Å². The number of carboxylic acids is 1. The van der Waals surface area contributed by atoms with Crippen molar-refractivity contribution in [2.24, 2.45) is 11.8 Å². The predicted molar refractivity (Wildman–Crippen MR) is 97.0 cm³/mol. The Morgan fingerprint density at radius 2 is 1.52 bits per heavy atom. The van der Waals surface area contributed by atoms with Crippen LogP contribution in [-0.4, -0.2) is 55.7 Å². The van der Waals surface area contributed by atoms with Crippen molar-refractivity contribution in [2.75, 3.05) is 26.2 Å². The molecule has 1 amide bonds. The Hall–Kier alpha value is -1.93. The van der Waals surface area contributed by atoms with Crippen LogP contribution in [0.4, 0.5) is 0 Å². The molecule has 3 rings (SSSR count). The van der Waals surface area contributed by atoms with E-state index in [1.165, 1.54) is 4.31 Å². The molecule has 1 aliphatic carbocycles. The molecule has 1 aromatic rings. The number of amides is 1. The molecule has 27 heavy (non-hydrogen) atoms. The summed E-state index contributed by atoms with van der Waals surface area (Å²) in [6.45, 7) is 2.88. The number of carbonyl (C=O) groups excluding carboxylic acids is 2. The molecule has 0 radical (unpaired) electrons. The fourth-order valence-corrected chi connectivity index (χ4v) is 5.37. The number of aryl methyl sites for hydroxylation is 1. The van der Waals surface area contributed by atoms with Crippen LogP contribution in [0.1, 0.15) is 31.2 Å². The summed E-state index contributed by atoms with van der Waals surface area (Å²) in [6, 6.07) is 6.70. The number of aliphatic carboxylic acids is 1. The van der Waals surface area contributed by atoms with Crippen molar-refractivity contribution in [1.82, 2.24) is 9.21 Å². The van der Waals surface area contributed by atoms with Crippen LogP contribution in [0.3, 0.4) is 0 Å². The van der Waals surface area contributed by atoms with Crippen LogP contribution in [0.5, 0.6) is 0 Å². The van der Waals surface area contributed by atoms with Gasteiger partial charge in [-0.3, -0.25) is 4.79 Å². The maximum Gasteiger partial charge on any atom is 0.243 e. The summed E-state index contributed by atoms with van der Waals surface area (Å²) in [5, 5.41) is 11.3. The van der Waals surface area contributed by atoms with Gasteiger partial charge in [-0.2, -0.15) is 4.31 Å². The average molecular weight is 393 g/mol. The van der Waals surface area contributed by atoms with E-state index >= 15 is 0 Å². The Bertz CT molecular complexity index is 798. The molecule has 7 nitrogen and oxygen atoms in total. The first-order valence-corrected chi connectivity index (χ1v) is 10.8. The summed E-state index contributed by atoms with van der Waals surface area (Å²) in [5.41, 5.74) is 0.985. The molecule has 1 aromatic carbocycles. The highest BCUT2D eigenvalue weighted by Crippen LogP contribution is 2.31. The SMILES string of the molecule is Cc1ccc(S(=O)(=O)N2CCN(C(=O)[C@@H]3CCCC[C@H]3C(=O)[O-])CC2)cc1. The minimum absolute atomic E-state index is 0.184. The van der Waals surface area contributed by atoms with Crippen LogP contribution >= 0.6 is 0 Å². The van der Waals surface area contributed by atoms with Gasteiger partial charge in [0.1, 0.15) is 0 Å². The van der Waals surface area contributed by atoms with E-state index in [0.717, 1.165) is 18.4 Å². The first kappa shape index (κ1) is 19.8. The number of nitrogens with zero attached hydrogens (tertiary/aromatic N) is 2. The third-order valence-electron chi connectivity index (χ3n) is 5.59. The number of benzene rings is 1. The molecule has 2 atom stereocenters. The van der Waals surface area contributed by atoms with Gasteiger partial charge in [-0.25, -0.2) is 8.42 Å². The van der Waals surface area contributed by atoms with E-state index in [4.69, 9.17) is 0 Å². The molecule has 0 spiro atoms.